The van der Waals surface area contributed by atoms with E-state index in [0.717, 1.165) is 4.88 Å². The first-order valence-electron chi connectivity index (χ1n) is 5.31. The van der Waals surface area contributed by atoms with E-state index in [1.807, 2.05) is 0 Å². The van der Waals surface area contributed by atoms with Crippen LogP contribution < -0.4 is 10.7 Å². The molecule has 2 amide bonds. The number of carbonyl (C=O) groups excluding carboxylic acids is 2. The summed E-state index contributed by atoms with van der Waals surface area (Å²) in [7, 11) is 0. The van der Waals surface area contributed by atoms with E-state index in [4.69, 9.17) is 11.6 Å². The van der Waals surface area contributed by atoms with Gasteiger partial charge in [-0.05, 0) is 32.9 Å². The van der Waals surface area contributed by atoms with Crippen molar-refractivity contribution in [2.45, 2.75) is 26.8 Å². The molecule has 1 heterocycles. The fourth-order valence-electron chi connectivity index (χ4n) is 1.08. The van der Waals surface area contributed by atoms with Gasteiger partial charge in [0.05, 0.1) is 14.9 Å². The number of hydrogen-bond donors (Lipinski definition) is 2. The molecule has 5 nitrogen and oxygen atoms in total. The third-order valence-electron chi connectivity index (χ3n) is 1.88. The van der Waals surface area contributed by atoms with Crippen molar-refractivity contribution in [2.24, 2.45) is 5.10 Å². The summed E-state index contributed by atoms with van der Waals surface area (Å²) in [5, 5.41) is 6.32. The predicted octanol–water partition coefficient (Wildman–Crippen LogP) is 1.77. The number of halogens is 1. The van der Waals surface area contributed by atoms with Crippen LogP contribution in [0.1, 0.15) is 25.6 Å². The maximum atomic E-state index is 11.4. The first-order valence-corrected chi connectivity index (χ1v) is 6.50. The van der Waals surface area contributed by atoms with Crippen LogP contribution in [0.4, 0.5) is 0 Å². The van der Waals surface area contributed by atoms with Crippen LogP contribution in [0, 0.1) is 0 Å². The van der Waals surface area contributed by atoms with Gasteiger partial charge in [0.2, 0.25) is 0 Å². The van der Waals surface area contributed by atoms with E-state index in [0.29, 0.717) is 10.0 Å². The van der Waals surface area contributed by atoms with Gasteiger partial charge in [-0.1, -0.05) is 11.6 Å². The monoisotopic (exact) mass is 287 g/mol. The molecule has 0 saturated carbocycles. The van der Waals surface area contributed by atoms with Crippen molar-refractivity contribution in [1.29, 1.82) is 0 Å². The number of nitrogens with one attached hydrogen (secondary N) is 2. The summed E-state index contributed by atoms with van der Waals surface area (Å²) >= 11 is 7.14. The van der Waals surface area contributed by atoms with Crippen molar-refractivity contribution in [1.82, 2.24) is 10.7 Å². The molecule has 98 valence electrons. The molecule has 2 N–H and O–H groups in total. The second-order valence-electron chi connectivity index (χ2n) is 3.87. The summed E-state index contributed by atoms with van der Waals surface area (Å²) in [6, 6.07) is 3.45. The molecule has 0 saturated heterocycles. The summed E-state index contributed by atoms with van der Waals surface area (Å²) < 4.78 is 0.642. The predicted molar refractivity (Wildman–Crippen MR) is 73.0 cm³/mol. The molecule has 0 aliphatic carbocycles. The molecule has 0 fully saturated rings. The lowest BCUT2D eigenvalue weighted by Gasteiger charge is -2.06. The summed E-state index contributed by atoms with van der Waals surface area (Å²) in [4.78, 5) is 23.5. The van der Waals surface area contributed by atoms with Gasteiger partial charge in [0.25, 0.3) is 0 Å². The van der Waals surface area contributed by atoms with Gasteiger partial charge < -0.3 is 5.32 Å². The SMILES string of the molecule is CC(=NNC(=O)C(=O)NC(C)C)c1ccc(Cl)s1. The molecular weight excluding hydrogens is 274 g/mol. The Morgan fingerprint density at radius 3 is 2.50 bits per heavy atom. The topological polar surface area (TPSA) is 70.6 Å². The van der Waals surface area contributed by atoms with Crippen LogP contribution in [-0.2, 0) is 9.59 Å². The summed E-state index contributed by atoms with van der Waals surface area (Å²) in [6.45, 7) is 5.27. The standard InChI is InChI=1S/C11H14ClN3O2S/c1-6(2)13-10(16)11(17)15-14-7(3)8-4-5-9(12)18-8/h4-6H,1-3H3,(H,13,16)(H,15,17). The molecule has 0 unspecified atom stereocenters. The van der Waals surface area contributed by atoms with Gasteiger partial charge in [0.1, 0.15) is 0 Å². The molecule has 0 aromatic carbocycles. The Kier molecular flexibility index (Phi) is 5.30. The van der Waals surface area contributed by atoms with Crippen LogP contribution in [0.15, 0.2) is 17.2 Å². The highest BCUT2D eigenvalue weighted by molar-refractivity contribution is 7.18. The third kappa shape index (κ3) is 4.46. The van der Waals surface area contributed by atoms with Crippen molar-refractivity contribution in [2.75, 3.05) is 0 Å². The molecule has 0 aliphatic heterocycles. The molecule has 0 spiro atoms. The molecular formula is C11H14ClN3O2S. The van der Waals surface area contributed by atoms with Crippen LogP contribution in [0.25, 0.3) is 0 Å². The number of amides is 2. The Hall–Kier alpha value is -1.40. The first-order chi connectivity index (χ1) is 8.40. The van der Waals surface area contributed by atoms with E-state index in [9.17, 15) is 9.59 Å². The smallest absolute Gasteiger partial charge is 0.329 e. The second-order valence-corrected chi connectivity index (χ2v) is 5.59. The zero-order valence-corrected chi connectivity index (χ0v) is 11.9. The van der Waals surface area contributed by atoms with Gasteiger partial charge in [-0.3, -0.25) is 9.59 Å². The Morgan fingerprint density at radius 1 is 1.33 bits per heavy atom. The number of nitrogens with zero attached hydrogens (tertiary/aromatic N) is 1. The fourth-order valence-corrected chi connectivity index (χ4v) is 2.06. The van der Waals surface area contributed by atoms with E-state index in [1.54, 1.807) is 32.9 Å². The maximum Gasteiger partial charge on any atom is 0.329 e. The van der Waals surface area contributed by atoms with Gasteiger partial charge in [-0.15, -0.1) is 11.3 Å². The van der Waals surface area contributed by atoms with E-state index < -0.39 is 11.8 Å². The minimum atomic E-state index is -0.786. The van der Waals surface area contributed by atoms with Crippen molar-refractivity contribution in [3.63, 3.8) is 0 Å². The molecule has 0 radical (unpaired) electrons. The van der Waals surface area contributed by atoms with E-state index in [-0.39, 0.29) is 6.04 Å². The van der Waals surface area contributed by atoms with Gasteiger partial charge >= 0.3 is 11.8 Å². The van der Waals surface area contributed by atoms with Crippen molar-refractivity contribution in [3.05, 3.63) is 21.3 Å². The highest BCUT2D eigenvalue weighted by Crippen LogP contribution is 2.21. The number of hydrogen-bond acceptors (Lipinski definition) is 4. The summed E-state index contributed by atoms with van der Waals surface area (Å²) in [6.07, 6.45) is 0. The number of hydrazone groups is 1. The minimum absolute atomic E-state index is 0.0931. The molecule has 7 heteroatoms. The quantitative estimate of drug-likeness (QED) is 0.505. The largest absolute Gasteiger partial charge is 0.346 e. The second kappa shape index (κ2) is 6.51. The van der Waals surface area contributed by atoms with Crippen LogP contribution in [0.3, 0.4) is 0 Å². The molecule has 1 aromatic rings. The van der Waals surface area contributed by atoms with Crippen LogP contribution >= 0.6 is 22.9 Å². The van der Waals surface area contributed by atoms with Gasteiger partial charge in [0, 0.05) is 6.04 Å². The normalized spacial score (nSPS) is 11.5. The number of rotatable bonds is 3. The molecule has 18 heavy (non-hydrogen) atoms. The molecule has 1 rings (SSSR count). The first kappa shape index (κ1) is 14.7. The zero-order valence-electron chi connectivity index (χ0n) is 10.3. The Morgan fingerprint density at radius 2 is 2.00 bits per heavy atom. The highest BCUT2D eigenvalue weighted by Gasteiger charge is 2.13. The Balaban J connectivity index is 2.58. The lowest BCUT2D eigenvalue weighted by Crippen LogP contribution is -2.41. The van der Waals surface area contributed by atoms with E-state index in [2.05, 4.69) is 15.8 Å². The number of carbonyl (C=O) groups is 2. The van der Waals surface area contributed by atoms with Crippen molar-refractivity contribution < 1.29 is 9.59 Å². The highest BCUT2D eigenvalue weighted by atomic mass is 35.5. The average Bonchev–Trinajstić information content (AvgIpc) is 2.71. The maximum absolute atomic E-state index is 11.4. The molecule has 0 atom stereocenters. The third-order valence-corrected chi connectivity index (χ3v) is 3.22. The lowest BCUT2D eigenvalue weighted by atomic mass is 10.3. The van der Waals surface area contributed by atoms with Crippen LogP contribution in [0.5, 0.6) is 0 Å². The zero-order chi connectivity index (χ0) is 13.7. The van der Waals surface area contributed by atoms with Crippen molar-refractivity contribution >= 4 is 40.5 Å². The molecule has 0 bridgehead atoms. The van der Waals surface area contributed by atoms with Gasteiger partial charge in [0.15, 0.2) is 0 Å². The number of thiophene rings is 1. The van der Waals surface area contributed by atoms with Crippen LogP contribution in [-0.4, -0.2) is 23.6 Å². The average molecular weight is 288 g/mol. The van der Waals surface area contributed by atoms with Crippen LogP contribution in [0.2, 0.25) is 4.34 Å². The molecule has 0 aliphatic rings. The minimum Gasteiger partial charge on any atom is -0.346 e. The van der Waals surface area contributed by atoms with E-state index >= 15 is 0 Å². The lowest BCUT2D eigenvalue weighted by molar-refractivity contribution is -0.139. The summed E-state index contributed by atoms with van der Waals surface area (Å²) in [5.74, 6) is -1.49. The van der Waals surface area contributed by atoms with Crippen molar-refractivity contribution in [3.8, 4) is 0 Å². The molecule has 1 aromatic heterocycles. The Labute approximate surface area is 114 Å². The van der Waals surface area contributed by atoms with Gasteiger partial charge in [-0.2, -0.15) is 5.10 Å². The summed E-state index contributed by atoms with van der Waals surface area (Å²) in [5.41, 5.74) is 2.79. The van der Waals surface area contributed by atoms with E-state index in [1.165, 1.54) is 11.3 Å². The fraction of sp³-hybridized carbons (Fsp3) is 0.364. The van der Waals surface area contributed by atoms with Gasteiger partial charge in [-0.25, -0.2) is 5.43 Å². The Bertz CT molecular complexity index is 482.